The number of rotatable bonds is 4. The quantitative estimate of drug-likeness (QED) is 0.866. The first-order valence-electron chi connectivity index (χ1n) is 10.6. The van der Waals surface area contributed by atoms with Gasteiger partial charge in [-0.1, -0.05) is 31.5 Å². The van der Waals surface area contributed by atoms with E-state index in [1.54, 1.807) is 0 Å². The Balaban J connectivity index is 1.66. The van der Waals surface area contributed by atoms with Gasteiger partial charge in [0.15, 0.2) is 0 Å². The van der Waals surface area contributed by atoms with E-state index in [-0.39, 0.29) is 30.3 Å². The third kappa shape index (κ3) is 4.24. The van der Waals surface area contributed by atoms with Crippen LogP contribution in [0.5, 0.6) is 0 Å². The van der Waals surface area contributed by atoms with Gasteiger partial charge in [0.1, 0.15) is 0 Å². The minimum atomic E-state index is 0.0408. The van der Waals surface area contributed by atoms with E-state index in [1.807, 2.05) is 55.7 Å². The Bertz CT molecular complexity index is 723. The zero-order valence-electron chi connectivity index (χ0n) is 17.6. The molecule has 1 N–H and O–H groups in total. The van der Waals surface area contributed by atoms with E-state index < -0.39 is 0 Å². The van der Waals surface area contributed by atoms with E-state index in [0.717, 1.165) is 42.6 Å². The van der Waals surface area contributed by atoms with Crippen LogP contribution >= 0.6 is 0 Å². The molecular weight excluding hydrogens is 352 g/mol. The summed E-state index contributed by atoms with van der Waals surface area (Å²) in [6.07, 6.45) is 1.93. The molecule has 2 amide bonds. The van der Waals surface area contributed by atoms with Crippen LogP contribution in [0.4, 0.5) is 0 Å². The van der Waals surface area contributed by atoms with Gasteiger partial charge >= 0.3 is 0 Å². The van der Waals surface area contributed by atoms with Gasteiger partial charge in [0.25, 0.3) is 5.91 Å². The lowest BCUT2D eigenvalue weighted by Crippen LogP contribution is -2.43. The fourth-order valence-corrected chi connectivity index (χ4v) is 4.93. The molecule has 0 radical (unpaired) electrons. The van der Waals surface area contributed by atoms with Crippen molar-refractivity contribution in [3.05, 3.63) is 34.9 Å². The molecule has 0 aliphatic carbocycles. The van der Waals surface area contributed by atoms with E-state index in [1.165, 1.54) is 0 Å². The molecule has 2 heterocycles. The van der Waals surface area contributed by atoms with Crippen LogP contribution < -0.4 is 0 Å². The van der Waals surface area contributed by atoms with Gasteiger partial charge in [0, 0.05) is 50.2 Å². The zero-order chi connectivity index (χ0) is 20.4. The Morgan fingerprint density at radius 2 is 1.79 bits per heavy atom. The van der Waals surface area contributed by atoms with Crippen molar-refractivity contribution in [2.24, 2.45) is 23.7 Å². The lowest BCUT2D eigenvalue weighted by molar-refractivity contribution is -0.136. The molecule has 2 aliphatic heterocycles. The molecule has 2 fully saturated rings. The highest BCUT2D eigenvalue weighted by Crippen LogP contribution is 2.36. The molecule has 1 aromatic carbocycles. The van der Waals surface area contributed by atoms with Gasteiger partial charge < -0.3 is 14.9 Å². The van der Waals surface area contributed by atoms with Gasteiger partial charge in [-0.25, -0.2) is 0 Å². The summed E-state index contributed by atoms with van der Waals surface area (Å²) in [7, 11) is 0. The van der Waals surface area contributed by atoms with Crippen LogP contribution in [0.1, 0.15) is 48.2 Å². The monoisotopic (exact) mass is 386 g/mol. The van der Waals surface area contributed by atoms with Crippen LogP contribution in [0.3, 0.4) is 0 Å². The molecule has 2 atom stereocenters. The molecule has 1 aromatic rings. The Hall–Kier alpha value is -1.88. The Kier molecular flexibility index (Phi) is 6.43. The summed E-state index contributed by atoms with van der Waals surface area (Å²) in [6.45, 7) is 10.9. The smallest absolute Gasteiger partial charge is 0.254 e. The Labute approximate surface area is 168 Å². The van der Waals surface area contributed by atoms with Crippen molar-refractivity contribution >= 4 is 11.8 Å². The number of aliphatic hydroxyl groups excluding tert-OH is 1. The average molecular weight is 387 g/mol. The summed E-state index contributed by atoms with van der Waals surface area (Å²) in [5.41, 5.74) is 2.93. The minimum absolute atomic E-state index is 0.0408. The van der Waals surface area contributed by atoms with E-state index in [9.17, 15) is 14.7 Å². The number of nitrogens with zero attached hydrogens (tertiary/aromatic N) is 2. The lowest BCUT2D eigenvalue weighted by atomic mass is 9.78. The molecule has 2 aliphatic rings. The van der Waals surface area contributed by atoms with Crippen LogP contribution in [0.15, 0.2) is 18.2 Å². The number of hydrogen-bond acceptors (Lipinski definition) is 3. The van der Waals surface area contributed by atoms with Gasteiger partial charge in [-0.05, 0) is 50.2 Å². The third-order valence-corrected chi connectivity index (χ3v) is 6.58. The molecule has 0 spiro atoms. The lowest BCUT2D eigenvalue weighted by Gasteiger charge is -2.37. The number of aryl methyl sites for hydroxylation is 2. The summed E-state index contributed by atoms with van der Waals surface area (Å²) in [5, 5.41) is 9.94. The molecule has 28 heavy (non-hydrogen) atoms. The molecular formula is C23H34N2O3. The largest absolute Gasteiger partial charge is 0.396 e. The molecule has 0 bridgehead atoms. The zero-order valence-corrected chi connectivity index (χ0v) is 17.6. The summed E-state index contributed by atoms with van der Waals surface area (Å²) < 4.78 is 0. The topological polar surface area (TPSA) is 60.9 Å². The number of carbonyl (C=O) groups excluding carboxylic acids is 2. The summed E-state index contributed by atoms with van der Waals surface area (Å²) >= 11 is 0. The van der Waals surface area contributed by atoms with E-state index in [0.29, 0.717) is 24.9 Å². The highest BCUT2D eigenvalue weighted by atomic mass is 16.3. The van der Waals surface area contributed by atoms with Crippen molar-refractivity contribution in [3.63, 3.8) is 0 Å². The molecule has 3 rings (SSSR count). The highest BCUT2D eigenvalue weighted by Gasteiger charge is 2.41. The predicted octanol–water partition coefficient (Wildman–Crippen LogP) is 2.88. The predicted molar refractivity (Wildman–Crippen MR) is 110 cm³/mol. The summed E-state index contributed by atoms with van der Waals surface area (Å²) in [5.74, 6) is 1.26. The van der Waals surface area contributed by atoms with Gasteiger partial charge in [-0.2, -0.15) is 0 Å². The molecule has 2 saturated heterocycles. The van der Waals surface area contributed by atoms with Gasteiger partial charge in [-0.15, -0.1) is 0 Å². The van der Waals surface area contributed by atoms with Crippen molar-refractivity contribution in [1.82, 2.24) is 9.80 Å². The van der Waals surface area contributed by atoms with Crippen molar-refractivity contribution < 1.29 is 14.7 Å². The number of benzene rings is 1. The van der Waals surface area contributed by atoms with Crippen LogP contribution in [0.25, 0.3) is 0 Å². The van der Waals surface area contributed by atoms with Crippen LogP contribution in [-0.2, 0) is 4.79 Å². The maximum Gasteiger partial charge on any atom is 0.254 e. The fourth-order valence-electron chi connectivity index (χ4n) is 4.93. The Morgan fingerprint density at radius 1 is 1.11 bits per heavy atom. The number of amides is 2. The second kappa shape index (κ2) is 8.64. The van der Waals surface area contributed by atoms with Gasteiger partial charge in [0.05, 0.1) is 0 Å². The van der Waals surface area contributed by atoms with Gasteiger partial charge in [0.2, 0.25) is 5.91 Å². The number of carbonyl (C=O) groups is 2. The fraction of sp³-hybridized carbons (Fsp3) is 0.652. The first-order valence-corrected chi connectivity index (χ1v) is 10.6. The van der Waals surface area contributed by atoms with E-state index in [4.69, 9.17) is 0 Å². The standard InChI is InChI=1S/C23H34N2O3/c1-15(2)22(27)24-9-7-18(8-10-24)21-13-25(12-19(21)14-26)23(28)20-6-5-16(3)11-17(20)4/h5-6,11,15,18-19,21,26H,7-10,12-14H2,1-4H3. The maximum atomic E-state index is 13.1. The normalized spacial score (nSPS) is 23.5. The van der Waals surface area contributed by atoms with Crippen molar-refractivity contribution in [1.29, 1.82) is 0 Å². The third-order valence-electron chi connectivity index (χ3n) is 6.58. The maximum absolute atomic E-state index is 13.1. The molecule has 154 valence electrons. The average Bonchev–Trinajstić information content (AvgIpc) is 3.11. The molecule has 2 unspecified atom stereocenters. The number of likely N-dealkylation sites (tertiary alicyclic amines) is 2. The SMILES string of the molecule is Cc1ccc(C(=O)N2CC(CO)C(C3CCN(C(=O)C(C)C)CC3)C2)c(C)c1. The number of hydrogen-bond donors (Lipinski definition) is 1. The second-order valence-electron chi connectivity index (χ2n) is 8.95. The minimum Gasteiger partial charge on any atom is -0.396 e. The van der Waals surface area contributed by atoms with E-state index in [2.05, 4.69) is 0 Å². The first-order chi connectivity index (χ1) is 13.3. The second-order valence-corrected chi connectivity index (χ2v) is 8.95. The highest BCUT2D eigenvalue weighted by molar-refractivity contribution is 5.96. The van der Waals surface area contributed by atoms with Crippen LogP contribution in [0, 0.1) is 37.5 Å². The van der Waals surface area contributed by atoms with Crippen molar-refractivity contribution in [3.8, 4) is 0 Å². The van der Waals surface area contributed by atoms with Gasteiger partial charge in [-0.3, -0.25) is 9.59 Å². The van der Waals surface area contributed by atoms with Crippen LogP contribution in [-0.4, -0.2) is 59.5 Å². The summed E-state index contributed by atoms with van der Waals surface area (Å²) in [4.78, 5) is 29.2. The molecule has 5 nitrogen and oxygen atoms in total. The van der Waals surface area contributed by atoms with E-state index >= 15 is 0 Å². The first kappa shape index (κ1) is 20.8. The molecule has 5 heteroatoms. The van der Waals surface area contributed by atoms with Crippen LogP contribution in [0.2, 0.25) is 0 Å². The molecule has 0 aromatic heterocycles. The van der Waals surface area contributed by atoms with Crippen molar-refractivity contribution in [2.45, 2.75) is 40.5 Å². The molecule has 0 saturated carbocycles. The number of aliphatic hydroxyl groups is 1. The Morgan fingerprint density at radius 3 is 2.36 bits per heavy atom. The number of piperidine rings is 1. The van der Waals surface area contributed by atoms with Crippen molar-refractivity contribution in [2.75, 3.05) is 32.8 Å². The summed E-state index contributed by atoms with van der Waals surface area (Å²) in [6, 6.07) is 5.95.